The van der Waals surface area contributed by atoms with Crippen LogP contribution in [0.3, 0.4) is 0 Å². The van der Waals surface area contributed by atoms with E-state index in [4.69, 9.17) is 4.74 Å². The minimum atomic E-state index is -0.796. The van der Waals surface area contributed by atoms with Crippen molar-refractivity contribution in [2.45, 2.75) is 6.42 Å². The Morgan fingerprint density at radius 2 is 1.94 bits per heavy atom. The molecule has 3 heterocycles. The topological polar surface area (TPSA) is 149 Å². The summed E-state index contributed by atoms with van der Waals surface area (Å²) < 4.78 is 6.78. The normalized spacial score (nSPS) is 12.8. The van der Waals surface area contributed by atoms with Gasteiger partial charge in [-0.2, -0.15) is 4.98 Å². The van der Waals surface area contributed by atoms with E-state index in [1.165, 1.54) is 23.5 Å². The maximum Gasteiger partial charge on any atom is 0.282 e. The second kappa shape index (κ2) is 8.61. The van der Waals surface area contributed by atoms with E-state index in [0.717, 1.165) is 28.0 Å². The summed E-state index contributed by atoms with van der Waals surface area (Å²) in [5, 5.41) is 20.0. The van der Waals surface area contributed by atoms with Crippen molar-refractivity contribution in [3.05, 3.63) is 69.1 Å². The zero-order valence-electron chi connectivity index (χ0n) is 18.1. The third-order valence-corrected chi connectivity index (χ3v) is 6.27. The van der Waals surface area contributed by atoms with Gasteiger partial charge in [0.15, 0.2) is 0 Å². The van der Waals surface area contributed by atoms with Gasteiger partial charge in [-0.3, -0.25) is 34.7 Å². The number of methoxy groups -OCH3 is 1. The lowest BCUT2D eigenvalue weighted by atomic mass is 10.1. The zero-order chi connectivity index (χ0) is 24.7. The first kappa shape index (κ1) is 22.2. The molecule has 35 heavy (non-hydrogen) atoms. The summed E-state index contributed by atoms with van der Waals surface area (Å²) in [6.07, 6.45) is -0.225. The Morgan fingerprint density at radius 1 is 1.17 bits per heavy atom. The predicted molar refractivity (Wildman–Crippen MR) is 125 cm³/mol. The lowest BCUT2D eigenvalue weighted by molar-refractivity contribution is -0.385. The van der Waals surface area contributed by atoms with Gasteiger partial charge in [-0.1, -0.05) is 6.07 Å². The fourth-order valence-corrected chi connectivity index (χ4v) is 4.60. The van der Waals surface area contributed by atoms with Crippen LogP contribution < -0.4 is 10.1 Å². The number of hydrogen-bond acceptors (Lipinski definition) is 9. The molecule has 1 aliphatic rings. The molecule has 0 aliphatic carbocycles. The van der Waals surface area contributed by atoms with Crippen LogP contribution in [0.1, 0.15) is 27.1 Å². The number of nitrogens with one attached hydrogen (secondary N) is 1. The molecule has 0 spiro atoms. The summed E-state index contributed by atoms with van der Waals surface area (Å²) in [5.74, 6) is -1.18. The summed E-state index contributed by atoms with van der Waals surface area (Å²) in [7, 11) is 1.59. The van der Waals surface area contributed by atoms with Gasteiger partial charge in [0.25, 0.3) is 17.5 Å². The molecule has 0 fully saturated rings. The molecule has 0 bridgehead atoms. The fraction of sp³-hybridized carbons (Fsp3) is 0.136. The number of nitrogens with zero attached hydrogens (tertiary/aromatic N) is 5. The Hall–Kier alpha value is -4.65. The van der Waals surface area contributed by atoms with E-state index >= 15 is 0 Å². The van der Waals surface area contributed by atoms with Gasteiger partial charge < -0.3 is 4.74 Å². The van der Waals surface area contributed by atoms with Gasteiger partial charge in [0.2, 0.25) is 16.8 Å². The highest BCUT2D eigenvalue weighted by atomic mass is 32.1. The number of nitro benzene ring substituents is 1. The Labute approximate surface area is 200 Å². The molecule has 4 aromatic rings. The SMILES string of the molecule is COc1ccc(-c2csc3nc(NC(=O)CCN4C(=O)c5cccc([N+](=O)[O-])c5C4=O)nn23)cc1. The van der Waals surface area contributed by atoms with Gasteiger partial charge in [0.05, 0.1) is 23.3 Å². The second-order valence-corrected chi connectivity index (χ2v) is 8.33. The summed E-state index contributed by atoms with van der Waals surface area (Å²) in [5.41, 5.74) is 0.923. The first-order chi connectivity index (χ1) is 16.9. The Balaban J connectivity index is 1.27. The van der Waals surface area contributed by atoms with Crippen LogP contribution in [-0.2, 0) is 4.79 Å². The molecule has 0 radical (unpaired) electrons. The van der Waals surface area contributed by atoms with Gasteiger partial charge in [-0.05, 0) is 30.3 Å². The molecule has 2 aromatic carbocycles. The standard InChI is InChI=1S/C22H16N6O6S/c1-34-13-7-5-12(6-8-13)16-11-35-22-24-21(25-27(16)22)23-17(29)9-10-26-19(30)14-3-2-4-15(28(32)33)18(14)20(26)31/h2-8,11H,9-10H2,1H3,(H,23,25,29). The quantitative estimate of drug-likeness (QED) is 0.235. The number of aromatic nitrogens is 3. The molecule has 1 N–H and O–H groups in total. The van der Waals surface area contributed by atoms with Crippen molar-refractivity contribution >= 4 is 45.7 Å². The van der Waals surface area contributed by atoms with Crippen LogP contribution >= 0.6 is 11.3 Å². The van der Waals surface area contributed by atoms with Crippen molar-refractivity contribution in [3.8, 4) is 17.0 Å². The first-order valence-electron chi connectivity index (χ1n) is 10.3. The van der Waals surface area contributed by atoms with Gasteiger partial charge in [0, 0.05) is 30.0 Å². The number of carbonyl (C=O) groups excluding carboxylic acids is 3. The first-order valence-corrected chi connectivity index (χ1v) is 11.2. The van der Waals surface area contributed by atoms with Crippen LogP contribution in [0.15, 0.2) is 47.8 Å². The number of ether oxygens (including phenoxy) is 1. The number of fused-ring (bicyclic) bond motifs is 2. The lowest BCUT2D eigenvalue weighted by Gasteiger charge is -2.12. The molecule has 13 heteroatoms. The molecule has 2 aromatic heterocycles. The molecular weight excluding hydrogens is 476 g/mol. The van der Waals surface area contributed by atoms with Gasteiger partial charge in [0.1, 0.15) is 11.3 Å². The molecule has 1 aliphatic heterocycles. The minimum absolute atomic E-state index is 0.0494. The summed E-state index contributed by atoms with van der Waals surface area (Å²) >= 11 is 1.35. The Kier molecular flexibility index (Phi) is 5.45. The molecular formula is C22H16N6O6S. The van der Waals surface area contributed by atoms with E-state index in [1.54, 1.807) is 11.6 Å². The van der Waals surface area contributed by atoms with Crippen LogP contribution in [-0.4, -0.2) is 55.8 Å². The van der Waals surface area contributed by atoms with Crippen molar-refractivity contribution in [1.29, 1.82) is 0 Å². The smallest absolute Gasteiger partial charge is 0.282 e. The number of anilines is 1. The number of hydrogen-bond donors (Lipinski definition) is 1. The van der Waals surface area contributed by atoms with Crippen LogP contribution in [0.25, 0.3) is 16.2 Å². The Bertz CT molecular complexity index is 1510. The molecule has 176 valence electrons. The lowest BCUT2D eigenvalue weighted by Crippen LogP contribution is -2.33. The zero-order valence-corrected chi connectivity index (χ0v) is 18.9. The third kappa shape index (κ3) is 3.87. The number of nitro groups is 1. The van der Waals surface area contributed by atoms with E-state index in [1.807, 2.05) is 29.6 Å². The van der Waals surface area contributed by atoms with E-state index in [9.17, 15) is 24.5 Å². The van der Waals surface area contributed by atoms with Gasteiger partial charge in [-0.15, -0.1) is 16.4 Å². The Morgan fingerprint density at radius 3 is 2.66 bits per heavy atom. The van der Waals surface area contributed by atoms with E-state index < -0.39 is 28.3 Å². The van der Waals surface area contributed by atoms with Crippen molar-refractivity contribution in [2.75, 3.05) is 19.0 Å². The molecule has 0 saturated heterocycles. The second-order valence-electron chi connectivity index (χ2n) is 7.50. The van der Waals surface area contributed by atoms with E-state index in [-0.39, 0.29) is 30.0 Å². The highest BCUT2D eigenvalue weighted by molar-refractivity contribution is 7.15. The number of carbonyl (C=O) groups is 3. The van der Waals surface area contributed by atoms with E-state index in [0.29, 0.717) is 4.96 Å². The number of benzene rings is 2. The average molecular weight is 492 g/mol. The number of thiazole rings is 1. The van der Waals surface area contributed by atoms with Crippen LogP contribution in [0.4, 0.5) is 11.6 Å². The minimum Gasteiger partial charge on any atom is -0.497 e. The predicted octanol–water partition coefficient (Wildman–Crippen LogP) is 3.00. The molecule has 0 saturated carbocycles. The molecule has 3 amide bonds. The summed E-state index contributed by atoms with van der Waals surface area (Å²) in [6, 6.07) is 11.3. The number of rotatable bonds is 7. The highest BCUT2D eigenvalue weighted by Gasteiger charge is 2.40. The van der Waals surface area contributed by atoms with E-state index in [2.05, 4.69) is 15.4 Å². The van der Waals surface area contributed by atoms with Crippen LogP contribution in [0, 0.1) is 10.1 Å². The third-order valence-electron chi connectivity index (χ3n) is 5.45. The van der Waals surface area contributed by atoms with Gasteiger partial charge in [-0.25, -0.2) is 4.52 Å². The molecule has 5 rings (SSSR count). The average Bonchev–Trinajstić information content (AvgIpc) is 3.50. The number of amides is 3. The maximum absolute atomic E-state index is 12.6. The van der Waals surface area contributed by atoms with Gasteiger partial charge >= 0.3 is 0 Å². The van der Waals surface area contributed by atoms with Crippen molar-refractivity contribution in [3.63, 3.8) is 0 Å². The molecule has 12 nitrogen and oxygen atoms in total. The van der Waals surface area contributed by atoms with Crippen LogP contribution in [0.2, 0.25) is 0 Å². The highest BCUT2D eigenvalue weighted by Crippen LogP contribution is 2.31. The molecule has 0 atom stereocenters. The monoisotopic (exact) mass is 492 g/mol. The fourth-order valence-electron chi connectivity index (χ4n) is 3.77. The largest absolute Gasteiger partial charge is 0.497 e. The van der Waals surface area contributed by atoms with Crippen molar-refractivity contribution < 1.29 is 24.0 Å². The van der Waals surface area contributed by atoms with Crippen LogP contribution in [0.5, 0.6) is 5.75 Å². The van der Waals surface area contributed by atoms with Crippen molar-refractivity contribution in [2.24, 2.45) is 0 Å². The van der Waals surface area contributed by atoms with Crippen molar-refractivity contribution in [1.82, 2.24) is 19.5 Å². The number of imide groups is 1. The molecule has 0 unspecified atom stereocenters. The summed E-state index contributed by atoms with van der Waals surface area (Å²) in [4.78, 5) is 53.9. The maximum atomic E-state index is 12.6. The summed E-state index contributed by atoms with van der Waals surface area (Å²) in [6.45, 7) is -0.241.